The maximum atomic E-state index is 9.18. The summed E-state index contributed by atoms with van der Waals surface area (Å²) in [4.78, 5) is 0. The highest BCUT2D eigenvalue weighted by atomic mass is 16.3. The number of aliphatic hydroxyl groups is 2. The molecule has 0 spiro atoms. The summed E-state index contributed by atoms with van der Waals surface area (Å²) in [6, 6.07) is 0. The van der Waals surface area contributed by atoms with Gasteiger partial charge in [0, 0.05) is 6.61 Å². The van der Waals surface area contributed by atoms with Crippen molar-refractivity contribution in [2.75, 3.05) is 6.61 Å². The SMILES string of the molecule is C=CC(O)CC(CO)C(C)C. The fourth-order valence-corrected chi connectivity index (χ4v) is 0.964. The molecule has 0 radical (unpaired) electrons. The van der Waals surface area contributed by atoms with Crippen molar-refractivity contribution < 1.29 is 10.2 Å². The molecule has 2 nitrogen and oxygen atoms in total. The van der Waals surface area contributed by atoms with Crippen LogP contribution < -0.4 is 0 Å². The third kappa shape index (κ3) is 4.17. The first-order valence-corrected chi connectivity index (χ1v) is 4.03. The average Bonchev–Trinajstić information content (AvgIpc) is 1.99. The molecule has 0 aromatic heterocycles. The van der Waals surface area contributed by atoms with E-state index < -0.39 is 6.10 Å². The van der Waals surface area contributed by atoms with Crippen molar-refractivity contribution in [3.63, 3.8) is 0 Å². The molecular formula is C9H18O2. The molecule has 2 atom stereocenters. The van der Waals surface area contributed by atoms with E-state index in [1.165, 1.54) is 6.08 Å². The molecule has 0 saturated heterocycles. The van der Waals surface area contributed by atoms with Crippen LogP contribution in [-0.4, -0.2) is 22.9 Å². The van der Waals surface area contributed by atoms with Crippen LogP contribution in [0.1, 0.15) is 20.3 Å². The van der Waals surface area contributed by atoms with E-state index in [1.807, 2.05) is 13.8 Å². The molecule has 2 unspecified atom stereocenters. The van der Waals surface area contributed by atoms with Crippen LogP contribution in [0.15, 0.2) is 12.7 Å². The molecule has 0 heterocycles. The van der Waals surface area contributed by atoms with Gasteiger partial charge in [-0.25, -0.2) is 0 Å². The zero-order valence-corrected chi connectivity index (χ0v) is 7.33. The smallest absolute Gasteiger partial charge is 0.0721 e. The van der Waals surface area contributed by atoms with Crippen LogP contribution in [0.3, 0.4) is 0 Å². The summed E-state index contributed by atoms with van der Waals surface area (Å²) in [5.74, 6) is 0.595. The summed E-state index contributed by atoms with van der Waals surface area (Å²) in [6.07, 6.45) is 1.64. The van der Waals surface area contributed by atoms with Crippen molar-refractivity contribution in [3.8, 4) is 0 Å². The van der Waals surface area contributed by atoms with Crippen molar-refractivity contribution in [3.05, 3.63) is 12.7 Å². The second-order valence-electron chi connectivity index (χ2n) is 3.23. The predicted molar refractivity (Wildman–Crippen MR) is 46.2 cm³/mol. The lowest BCUT2D eigenvalue weighted by atomic mass is 9.91. The minimum Gasteiger partial charge on any atom is -0.396 e. The highest BCUT2D eigenvalue weighted by molar-refractivity contribution is 4.80. The standard InChI is InChI=1S/C9H18O2/c1-4-9(11)5-8(6-10)7(2)3/h4,7-11H,1,5-6H2,2-3H3. The van der Waals surface area contributed by atoms with Crippen molar-refractivity contribution >= 4 is 0 Å². The molecule has 11 heavy (non-hydrogen) atoms. The van der Waals surface area contributed by atoms with Crippen LogP contribution in [0.5, 0.6) is 0 Å². The van der Waals surface area contributed by atoms with E-state index in [4.69, 9.17) is 5.11 Å². The molecule has 0 aromatic rings. The Morgan fingerprint density at radius 1 is 1.45 bits per heavy atom. The summed E-state index contributed by atoms with van der Waals surface area (Å²) in [5, 5.41) is 18.1. The minimum atomic E-state index is -0.477. The molecule has 0 rings (SSSR count). The second-order valence-corrected chi connectivity index (χ2v) is 3.23. The Kier molecular flexibility index (Phi) is 5.16. The van der Waals surface area contributed by atoms with E-state index in [9.17, 15) is 5.11 Å². The quantitative estimate of drug-likeness (QED) is 0.590. The molecule has 0 aliphatic heterocycles. The Labute approximate surface area is 68.6 Å². The first kappa shape index (κ1) is 10.7. The van der Waals surface area contributed by atoms with Gasteiger partial charge in [0.15, 0.2) is 0 Å². The van der Waals surface area contributed by atoms with Gasteiger partial charge in [0.25, 0.3) is 0 Å². The van der Waals surface area contributed by atoms with Gasteiger partial charge in [0.05, 0.1) is 6.10 Å². The zero-order valence-electron chi connectivity index (χ0n) is 7.33. The molecule has 2 N–H and O–H groups in total. The molecule has 0 saturated carbocycles. The number of hydrogen-bond donors (Lipinski definition) is 2. The van der Waals surface area contributed by atoms with E-state index >= 15 is 0 Å². The summed E-state index contributed by atoms with van der Waals surface area (Å²) in [6.45, 7) is 7.69. The summed E-state index contributed by atoms with van der Waals surface area (Å²) < 4.78 is 0. The van der Waals surface area contributed by atoms with E-state index in [0.29, 0.717) is 12.3 Å². The van der Waals surface area contributed by atoms with Crippen molar-refractivity contribution in [1.82, 2.24) is 0 Å². The number of aliphatic hydroxyl groups excluding tert-OH is 2. The molecular weight excluding hydrogens is 140 g/mol. The van der Waals surface area contributed by atoms with Gasteiger partial charge in [-0.1, -0.05) is 19.9 Å². The van der Waals surface area contributed by atoms with Crippen LogP contribution in [0, 0.1) is 11.8 Å². The first-order valence-electron chi connectivity index (χ1n) is 4.03. The third-order valence-electron chi connectivity index (χ3n) is 1.99. The average molecular weight is 158 g/mol. The maximum absolute atomic E-state index is 9.18. The Balaban J connectivity index is 3.77. The van der Waals surface area contributed by atoms with Gasteiger partial charge in [-0.2, -0.15) is 0 Å². The molecule has 0 bridgehead atoms. The van der Waals surface area contributed by atoms with Crippen molar-refractivity contribution in [1.29, 1.82) is 0 Å². The highest BCUT2D eigenvalue weighted by Gasteiger charge is 2.14. The largest absolute Gasteiger partial charge is 0.396 e. The molecule has 2 heteroatoms. The monoisotopic (exact) mass is 158 g/mol. The number of rotatable bonds is 5. The minimum absolute atomic E-state index is 0.141. The highest BCUT2D eigenvalue weighted by Crippen LogP contribution is 2.16. The zero-order chi connectivity index (χ0) is 8.85. The maximum Gasteiger partial charge on any atom is 0.0721 e. The van der Waals surface area contributed by atoms with Gasteiger partial charge in [-0.3, -0.25) is 0 Å². The summed E-state index contributed by atoms with van der Waals surface area (Å²) >= 11 is 0. The lowest BCUT2D eigenvalue weighted by Crippen LogP contribution is -2.19. The van der Waals surface area contributed by atoms with Crippen LogP contribution in [-0.2, 0) is 0 Å². The van der Waals surface area contributed by atoms with Crippen LogP contribution in [0.2, 0.25) is 0 Å². The molecule has 0 fully saturated rings. The lowest BCUT2D eigenvalue weighted by Gasteiger charge is -2.19. The van der Waals surface area contributed by atoms with E-state index in [-0.39, 0.29) is 12.5 Å². The van der Waals surface area contributed by atoms with Gasteiger partial charge in [-0.05, 0) is 18.3 Å². The van der Waals surface area contributed by atoms with Crippen LogP contribution in [0.25, 0.3) is 0 Å². The van der Waals surface area contributed by atoms with Crippen molar-refractivity contribution in [2.45, 2.75) is 26.4 Å². The normalized spacial score (nSPS) is 16.5. The number of hydrogen-bond acceptors (Lipinski definition) is 2. The van der Waals surface area contributed by atoms with Crippen LogP contribution in [0.4, 0.5) is 0 Å². The van der Waals surface area contributed by atoms with Gasteiger partial charge >= 0.3 is 0 Å². The van der Waals surface area contributed by atoms with Crippen LogP contribution >= 0.6 is 0 Å². The lowest BCUT2D eigenvalue weighted by molar-refractivity contribution is 0.122. The Bertz CT molecular complexity index is 110. The fraction of sp³-hybridized carbons (Fsp3) is 0.778. The molecule has 0 aliphatic rings. The Morgan fingerprint density at radius 2 is 2.00 bits per heavy atom. The summed E-state index contributed by atoms with van der Waals surface area (Å²) in [7, 11) is 0. The van der Waals surface area contributed by atoms with E-state index in [2.05, 4.69) is 6.58 Å². The molecule has 0 aromatic carbocycles. The first-order chi connectivity index (χ1) is 5.11. The molecule has 0 aliphatic carbocycles. The van der Waals surface area contributed by atoms with E-state index in [0.717, 1.165) is 0 Å². The fourth-order valence-electron chi connectivity index (χ4n) is 0.964. The molecule has 0 amide bonds. The second kappa shape index (κ2) is 5.33. The Hall–Kier alpha value is -0.340. The van der Waals surface area contributed by atoms with Crippen molar-refractivity contribution in [2.24, 2.45) is 11.8 Å². The predicted octanol–water partition coefficient (Wildman–Crippen LogP) is 1.19. The summed E-state index contributed by atoms with van der Waals surface area (Å²) in [5.41, 5.74) is 0. The van der Waals surface area contributed by atoms with Gasteiger partial charge in [0.2, 0.25) is 0 Å². The topological polar surface area (TPSA) is 40.5 Å². The van der Waals surface area contributed by atoms with E-state index in [1.54, 1.807) is 0 Å². The third-order valence-corrected chi connectivity index (χ3v) is 1.99. The van der Waals surface area contributed by atoms with Gasteiger partial charge < -0.3 is 10.2 Å². The molecule has 66 valence electrons. The Morgan fingerprint density at radius 3 is 2.27 bits per heavy atom. The van der Waals surface area contributed by atoms with Gasteiger partial charge in [0.1, 0.15) is 0 Å². The van der Waals surface area contributed by atoms with Gasteiger partial charge in [-0.15, -0.1) is 6.58 Å².